The van der Waals surface area contributed by atoms with Gasteiger partial charge >= 0.3 is 5.97 Å². The molecule has 0 atom stereocenters. The van der Waals surface area contributed by atoms with Gasteiger partial charge in [0.25, 0.3) is 0 Å². The molecule has 1 aromatic carbocycles. The van der Waals surface area contributed by atoms with Gasteiger partial charge in [0, 0.05) is 23.7 Å². The van der Waals surface area contributed by atoms with Crippen LogP contribution in [0.2, 0.25) is 0 Å². The van der Waals surface area contributed by atoms with Crippen molar-refractivity contribution >= 4 is 11.7 Å². The highest BCUT2D eigenvalue weighted by Gasteiger charge is 2.20. The summed E-state index contributed by atoms with van der Waals surface area (Å²) in [6, 6.07) is 7.48. The smallest absolute Gasteiger partial charge is 0.338 e. The standard InChI is InChI=1S/C15H20N4O3/c1-2-21-15(20)12-4-3-5-13(10-12)19-8-6-14(7-9-19)22-11-17-18-16/h3-5,10,14H,2,6-9,11H2,1H3. The summed E-state index contributed by atoms with van der Waals surface area (Å²) in [6.07, 6.45) is 1.85. The van der Waals surface area contributed by atoms with Gasteiger partial charge in [-0.3, -0.25) is 0 Å². The van der Waals surface area contributed by atoms with Gasteiger partial charge in [-0.05, 0) is 43.5 Å². The third kappa shape index (κ3) is 4.38. The Morgan fingerprint density at radius 2 is 2.23 bits per heavy atom. The van der Waals surface area contributed by atoms with Crippen molar-refractivity contribution in [1.29, 1.82) is 0 Å². The van der Waals surface area contributed by atoms with Gasteiger partial charge in [-0.2, -0.15) is 0 Å². The Bertz CT molecular complexity index is 549. The van der Waals surface area contributed by atoms with E-state index in [4.69, 9.17) is 15.0 Å². The summed E-state index contributed by atoms with van der Waals surface area (Å²) < 4.78 is 10.5. The first-order valence-electron chi connectivity index (χ1n) is 7.39. The number of azide groups is 1. The van der Waals surface area contributed by atoms with Crippen molar-refractivity contribution in [1.82, 2.24) is 0 Å². The fourth-order valence-electron chi connectivity index (χ4n) is 2.49. The number of piperidine rings is 1. The summed E-state index contributed by atoms with van der Waals surface area (Å²) in [7, 11) is 0. The van der Waals surface area contributed by atoms with Crippen molar-refractivity contribution in [2.75, 3.05) is 31.3 Å². The van der Waals surface area contributed by atoms with Crippen molar-refractivity contribution in [3.8, 4) is 0 Å². The maximum absolute atomic E-state index is 11.8. The van der Waals surface area contributed by atoms with E-state index in [2.05, 4.69) is 14.9 Å². The van der Waals surface area contributed by atoms with Crippen molar-refractivity contribution < 1.29 is 14.3 Å². The molecule has 0 spiro atoms. The Kier molecular flexibility index (Phi) is 6.06. The maximum Gasteiger partial charge on any atom is 0.338 e. The van der Waals surface area contributed by atoms with Gasteiger partial charge in [0.05, 0.1) is 18.3 Å². The largest absolute Gasteiger partial charge is 0.462 e. The normalized spacial score (nSPS) is 15.2. The zero-order chi connectivity index (χ0) is 15.8. The highest BCUT2D eigenvalue weighted by Crippen LogP contribution is 2.22. The number of nitrogens with zero attached hydrogens (tertiary/aromatic N) is 4. The SMILES string of the molecule is CCOC(=O)c1cccc(N2CCC(OCN=[N+]=[N-])CC2)c1. The van der Waals surface area contributed by atoms with Crippen molar-refractivity contribution in [2.24, 2.45) is 5.11 Å². The second-order valence-corrected chi connectivity index (χ2v) is 4.98. The molecule has 0 radical (unpaired) electrons. The molecule has 0 unspecified atom stereocenters. The number of anilines is 1. The number of carbonyl (C=O) groups is 1. The molecule has 1 aliphatic rings. The molecule has 22 heavy (non-hydrogen) atoms. The number of ether oxygens (including phenoxy) is 2. The fraction of sp³-hybridized carbons (Fsp3) is 0.533. The number of carbonyl (C=O) groups excluding carboxylic acids is 1. The van der Waals surface area contributed by atoms with E-state index in [1.54, 1.807) is 13.0 Å². The predicted octanol–water partition coefficient (Wildman–Crippen LogP) is 3.12. The Labute approximate surface area is 129 Å². The van der Waals surface area contributed by atoms with E-state index in [9.17, 15) is 4.79 Å². The van der Waals surface area contributed by atoms with Gasteiger partial charge in [0.1, 0.15) is 6.73 Å². The molecule has 0 amide bonds. The summed E-state index contributed by atoms with van der Waals surface area (Å²) in [5.74, 6) is -0.295. The van der Waals surface area contributed by atoms with Crippen LogP contribution in [0.15, 0.2) is 29.4 Å². The van der Waals surface area contributed by atoms with E-state index in [0.29, 0.717) is 12.2 Å². The average Bonchev–Trinajstić information content (AvgIpc) is 2.56. The molecule has 1 aliphatic heterocycles. The molecule has 7 heteroatoms. The van der Waals surface area contributed by atoms with Crippen molar-refractivity contribution in [2.45, 2.75) is 25.9 Å². The van der Waals surface area contributed by atoms with Crippen LogP contribution in [-0.2, 0) is 9.47 Å². The van der Waals surface area contributed by atoms with Crippen LogP contribution in [0.25, 0.3) is 10.4 Å². The van der Waals surface area contributed by atoms with Crippen molar-refractivity contribution in [3.63, 3.8) is 0 Å². The molecule has 118 valence electrons. The minimum absolute atomic E-state index is 0.0828. The van der Waals surface area contributed by atoms with Crippen LogP contribution >= 0.6 is 0 Å². The molecule has 0 aliphatic carbocycles. The highest BCUT2D eigenvalue weighted by atomic mass is 16.5. The monoisotopic (exact) mass is 304 g/mol. The third-order valence-electron chi connectivity index (χ3n) is 3.60. The average molecular weight is 304 g/mol. The Morgan fingerprint density at radius 1 is 1.45 bits per heavy atom. The van der Waals surface area contributed by atoms with Gasteiger partial charge in [-0.15, -0.1) is 0 Å². The molecule has 1 saturated heterocycles. The minimum atomic E-state index is -0.295. The van der Waals surface area contributed by atoms with Crippen LogP contribution in [0, 0.1) is 0 Å². The quantitative estimate of drug-likeness (QED) is 0.349. The topological polar surface area (TPSA) is 87.5 Å². The Morgan fingerprint density at radius 3 is 2.91 bits per heavy atom. The molecule has 0 bridgehead atoms. The van der Waals surface area contributed by atoms with Gasteiger partial charge in [0.15, 0.2) is 0 Å². The second-order valence-electron chi connectivity index (χ2n) is 4.98. The first-order valence-corrected chi connectivity index (χ1v) is 7.39. The lowest BCUT2D eigenvalue weighted by molar-refractivity contribution is 0.0415. The predicted molar refractivity (Wildman–Crippen MR) is 82.7 cm³/mol. The van der Waals surface area contributed by atoms with Crippen LogP contribution in [0.3, 0.4) is 0 Å². The molecule has 1 aromatic rings. The first kappa shape index (κ1) is 16.1. The van der Waals surface area contributed by atoms with Crippen molar-refractivity contribution in [3.05, 3.63) is 40.3 Å². The summed E-state index contributed by atoms with van der Waals surface area (Å²) in [6.45, 7) is 3.93. The fourth-order valence-corrected chi connectivity index (χ4v) is 2.49. The van der Waals surface area contributed by atoms with Gasteiger partial charge in [0.2, 0.25) is 0 Å². The van der Waals surface area contributed by atoms with Gasteiger partial charge in [-0.1, -0.05) is 11.2 Å². The van der Waals surface area contributed by atoms with Crippen LogP contribution in [-0.4, -0.2) is 38.5 Å². The van der Waals surface area contributed by atoms with E-state index in [1.165, 1.54) is 0 Å². The molecular formula is C15H20N4O3. The molecule has 0 saturated carbocycles. The molecule has 2 rings (SSSR count). The number of hydrogen-bond acceptors (Lipinski definition) is 5. The van der Waals surface area contributed by atoms with Gasteiger partial charge in [-0.25, -0.2) is 4.79 Å². The highest BCUT2D eigenvalue weighted by molar-refractivity contribution is 5.90. The number of hydrogen-bond donors (Lipinski definition) is 0. The summed E-state index contributed by atoms with van der Waals surface area (Å²) in [4.78, 5) is 16.7. The number of benzene rings is 1. The summed E-state index contributed by atoms with van der Waals surface area (Å²) >= 11 is 0. The third-order valence-corrected chi connectivity index (χ3v) is 3.60. The van der Waals surface area contributed by atoms with Crippen LogP contribution in [0.1, 0.15) is 30.1 Å². The molecular weight excluding hydrogens is 284 g/mol. The van der Waals surface area contributed by atoms with E-state index < -0.39 is 0 Å². The van der Waals surface area contributed by atoms with Crippen LogP contribution in [0.4, 0.5) is 5.69 Å². The van der Waals surface area contributed by atoms with E-state index in [1.807, 2.05) is 18.2 Å². The number of rotatable bonds is 6. The van der Waals surface area contributed by atoms with E-state index in [0.717, 1.165) is 31.6 Å². The lowest BCUT2D eigenvalue weighted by Gasteiger charge is -2.33. The van der Waals surface area contributed by atoms with Gasteiger partial charge < -0.3 is 14.4 Å². The lowest BCUT2D eigenvalue weighted by atomic mass is 10.1. The molecule has 0 aromatic heterocycles. The Balaban J connectivity index is 1.92. The molecule has 7 nitrogen and oxygen atoms in total. The van der Waals surface area contributed by atoms with Crippen LogP contribution < -0.4 is 4.90 Å². The lowest BCUT2D eigenvalue weighted by Crippen LogP contribution is -2.37. The first-order chi connectivity index (χ1) is 10.7. The summed E-state index contributed by atoms with van der Waals surface area (Å²) in [5.41, 5.74) is 9.81. The second kappa shape index (κ2) is 8.26. The van der Waals surface area contributed by atoms with E-state index >= 15 is 0 Å². The molecule has 0 N–H and O–H groups in total. The maximum atomic E-state index is 11.8. The number of esters is 1. The van der Waals surface area contributed by atoms with E-state index in [-0.39, 0.29) is 18.8 Å². The minimum Gasteiger partial charge on any atom is -0.462 e. The molecule has 1 fully saturated rings. The Hall–Kier alpha value is -2.24. The zero-order valence-corrected chi connectivity index (χ0v) is 12.6. The summed E-state index contributed by atoms with van der Waals surface area (Å²) in [5, 5.41) is 3.38. The molecule has 1 heterocycles. The van der Waals surface area contributed by atoms with Crippen LogP contribution in [0.5, 0.6) is 0 Å². The zero-order valence-electron chi connectivity index (χ0n) is 12.6.